The minimum absolute atomic E-state index is 0.0194. The molecule has 92 valence electrons. The molecule has 4 heteroatoms. The third-order valence-corrected chi connectivity index (χ3v) is 3.58. The van der Waals surface area contributed by atoms with Crippen LogP contribution in [0.15, 0.2) is 22.7 Å². The molecule has 0 saturated carbocycles. The lowest BCUT2D eigenvalue weighted by molar-refractivity contribution is 0.200. The maximum atomic E-state index is 12.0. The first-order valence-corrected chi connectivity index (χ1v) is 6.78. The number of amides is 2. The maximum Gasteiger partial charge on any atom is 0.321 e. The smallest absolute Gasteiger partial charge is 0.321 e. The van der Waals surface area contributed by atoms with E-state index in [1.54, 1.807) is 0 Å². The van der Waals surface area contributed by atoms with Gasteiger partial charge in [0.1, 0.15) is 0 Å². The minimum atomic E-state index is 0.0194. The van der Waals surface area contributed by atoms with Crippen LogP contribution in [0.25, 0.3) is 0 Å². The van der Waals surface area contributed by atoms with E-state index in [2.05, 4.69) is 21.2 Å². The summed E-state index contributed by atoms with van der Waals surface area (Å²) in [7, 11) is 0. The van der Waals surface area contributed by atoms with Crippen molar-refractivity contribution in [3.8, 4) is 0 Å². The normalized spacial score (nSPS) is 15.8. The van der Waals surface area contributed by atoms with Gasteiger partial charge >= 0.3 is 6.03 Å². The van der Waals surface area contributed by atoms with Gasteiger partial charge in [0, 0.05) is 23.2 Å². The van der Waals surface area contributed by atoms with Gasteiger partial charge in [-0.2, -0.15) is 0 Å². The van der Waals surface area contributed by atoms with E-state index in [0.29, 0.717) is 0 Å². The molecule has 2 amide bonds. The second-order valence-corrected chi connectivity index (χ2v) is 5.35. The van der Waals surface area contributed by atoms with Crippen molar-refractivity contribution < 1.29 is 4.79 Å². The summed E-state index contributed by atoms with van der Waals surface area (Å²) in [5.41, 5.74) is 1.97. The zero-order chi connectivity index (χ0) is 12.3. The average molecular weight is 297 g/mol. The quantitative estimate of drug-likeness (QED) is 0.840. The van der Waals surface area contributed by atoms with Gasteiger partial charge in [-0.15, -0.1) is 0 Å². The van der Waals surface area contributed by atoms with Crippen molar-refractivity contribution in [1.82, 2.24) is 4.90 Å². The van der Waals surface area contributed by atoms with Crippen molar-refractivity contribution in [2.75, 3.05) is 18.4 Å². The van der Waals surface area contributed by atoms with E-state index < -0.39 is 0 Å². The molecule has 1 aliphatic rings. The second kappa shape index (κ2) is 5.54. The van der Waals surface area contributed by atoms with Gasteiger partial charge in [0.2, 0.25) is 0 Å². The Kier molecular flexibility index (Phi) is 4.05. The first kappa shape index (κ1) is 12.4. The van der Waals surface area contributed by atoms with Crippen LogP contribution < -0.4 is 5.32 Å². The van der Waals surface area contributed by atoms with E-state index in [9.17, 15) is 4.79 Å². The van der Waals surface area contributed by atoms with Gasteiger partial charge < -0.3 is 10.2 Å². The zero-order valence-electron chi connectivity index (χ0n) is 10.0. The Morgan fingerprint density at radius 3 is 2.71 bits per heavy atom. The predicted molar refractivity (Wildman–Crippen MR) is 73.3 cm³/mol. The number of rotatable bonds is 1. The molecule has 1 aliphatic heterocycles. The molecule has 17 heavy (non-hydrogen) atoms. The maximum absolute atomic E-state index is 12.0. The van der Waals surface area contributed by atoms with E-state index >= 15 is 0 Å². The Bertz CT molecular complexity index is 414. The number of carbonyl (C=O) groups excluding carboxylic acids is 1. The highest BCUT2D eigenvalue weighted by Gasteiger charge is 2.16. The second-order valence-electron chi connectivity index (χ2n) is 4.44. The van der Waals surface area contributed by atoms with Crippen molar-refractivity contribution in [2.24, 2.45) is 0 Å². The molecule has 1 fully saturated rings. The Hall–Kier alpha value is -1.03. The minimum Gasteiger partial charge on any atom is -0.325 e. The van der Waals surface area contributed by atoms with Crippen molar-refractivity contribution in [3.05, 3.63) is 28.2 Å². The van der Waals surface area contributed by atoms with Crippen LogP contribution >= 0.6 is 15.9 Å². The van der Waals surface area contributed by atoms with E-state index in [-0.39, 0.29) is 6.03 Å². The summed E-state index contributed by atoms with van der Waals surface area (Å²) in [6.07, 6.45) is 3.47. The number of nitrogens with zero attached hydrogens (tertiary/aromatic N) is 1. The molecule has 3 nitrogen and oxygen atoms in total. The summed E-state index contributed by atoms with van der Waals surface area (Å²) < 4.78 is 0.983. The number of aryl methyl sites for hydroxylation is 1. The number of carbonyl (C=O) groups is 1. The summed E-state index contributed by atoms with van der Waals surface area (Å²) in [6, 6.07) is 5.93. The highest BCUT2D eigenvalue weighted by molar-refractivity contribution is 9.10. The molecular weight excluding hydrogens is 280 g/mol. The van der Waals surface area contributed by atoms with Crippen LogP contribution in [-0.4, -0.2) is 24.0 Å². The monoisotopic (exact) mass is 296 g/mol. The molecule has 0 radical (unpaired) electrons. The van der Waals surface area contributed by atoms with Gasteiger partial charge in [0.05, 0.1) is 0 Å². The number of hydrogen-bond donors (Lipinski definition) is 1. The summed E-state index contributed by atoms with van der Waals surface area (Å²) >= 11 is 3.42. The van der Waals surface area contributed by atoms with Crippen molar-refractivity contribution in [3.63, 3.8) is 0 Å². The molecule has 0 bridgehead atoms. The summed E-state index contributed by atoms with van der Waals surface area (Å²) in [5, 5.41) is 2.98. The van der Waals surface area contributed by atoms with Crippen molar-refractivity contribution in [1.29, 1.82) is 0 Å². The summed E-state index contributed by atoms with van der Waals surface area (Å²) in [4.78, 5) is 13.9. The van der Waals surface area contributed by atoms with E-state index in [1.165, 1.54) is 6.42 Å². The highest BCUT2D eigenvalue weighted by Crippen LogP contribution is 2.21. The van der Waals surface area contributed by atoms with Gasteiger partial charge in [0.25, 0.3) is 0 Å². The van der Waals surface area contributed by atoms with Crippen molar-refractivity contribution >= 4 is 27.6 Å². The average Bonchev–Trinajstić information content (AvgIpc) is 2.35. The number of anilines is 1. The predicted octanol–water partition coefficient (Wildman–Crippen LogP) is 3.78. The lowest BCUT2D eigenvalue weighted by Gasteiger charge is -2.27. The van der Waals surface area contributed by atoms with Crippen LogP contribution in [0.4, 0.5) is 10.5 Å². The number of nitrogens with one attached hydrogen (secondary N) is 1. The molecule has 1 aromatic carbocycles. The zero-order valence-corrected chi connectivity index (χ0v) is 11.6. The van der Waals surface area contributed by atoms with Gasteiger partial charge in [-0.25, -0.2) is 4.79 Å². The fourth-order valence-corrected chi connectivity index (χ4v) is 2.38. The number of likely N-dealkylation sites (tertiary alicyclic amines) is 1. The topological polar surface area (TPSA) is 32.3 Å². The molecule has 2 rings (SSSR count). The third-order valence-electron chi connectivity index (χ3n) is 3.08. The molecule has 1 N–H and O–H groups in total. The number of halogens is 1. The van der Waals surface area contributed by atoms with E-state index in [1.807, 2.05) is 30.0 Å². The fourth-order valence-electron chi connectivity index (χ4n) is 2.02. The molecule has 1 saturated heterocycles. The van der Waals surface area contributed by atoms with Crippen LogP contribution in [0.2, 0.25) is 0 Å². The largest absolute Gasteiger partial charge is 0.325 e. The summed E-state index contributed by atoms with van der Waals surface area (Å²) in [5.74, 6) is 0. The number of benzene rings is 1. The Morgan fingerprint density at radius 2 is 2.00 bits per heavy atom. The molecular formula is C13H17BrN2O. The SMILES string of the molecule is Cc1ccc(Br)cc1NC(=O)N1CCCCC1. The highest BCUT2D eigenvalue weighted by atomic mass is 79.9. The number of urea groups is 1. The van der Waals surface area contributed by atoms with Crippen LogP contribution in [0.5, 0.6) is 0 Å². The van der Waals surface area contributed by atoms with Crippen LogP contribution in [0, 0.1) is 6.92 Å². The van der Waals surface area contributed by atoms with Gasteiger partial charge in [0.15, 0.2) is 0 Å². The lowest BCUT2D eigenvalue weighted by atomic mass is 10.1. The van der Waals surface area contributed by atoms with Crippen LogP contribution in [0.3, 0.4) is 0 Å². The Morgan fingerprint density at radius 1 is 1.29 bits per heavy atom. The molecule has 0 aliphatic carbocycles. The Balaban J connectivity index is 2.04. The Labute approximate surface area is 110 Å². The van der Waals surface area contributed by atoms with Crippen molar-refractivity contribution in [2.45, 2.75) is 26.2 Å². The molecule has 0 unspecified atom stereocenters. The van der Waals surface area contributed by atoms with Gasteiger partial charge in [-0.1, -0.05) is 22.0 Å². The molecule has 0 atom stereocenters. The first-order valence-electron chi connectivity index (χ1n) is 5.99. The fraction of sp³-hybridized carbons (Fsp3) is 0.462. The third kappa shape index (κ3) is 3.22. The lowest BCUT2D eigenvalue weighted by Crippen LogP contribution is -2.38. The number of hydrogen-bond acceptors (Lipinski definition) is 1. The number of piperidine rings is 1. The standard InChI is InChI=1S/C13H17BrN2O/c1-10-5-6-11(14)9-12(10)15-13(17)16-7-3-2-4-8-16/h5-6,9H,2-4,7-8H2,1H3,(H,15,17). The van der Waals surface area contributed by atoms with Crippen LogP contribution in [0.1, 0.15) is 24.8 Å². The first-order chi connectivity index (χ1) is 8.16. The molecule has 0 spiro atoms. The molecule has 1 aromatic rings. The van der Waals surface area contributed by atoms with E-state index in [0.717, 1.165) is 41.7 Å². The van der Waals surface area contributed by atoms with Crippen LogP contribution in [-0.2, 0) is 0 Å². The molecule has 0 aromatic heterocycles. The summed E-state index contributed by atoms with van der Waals surface area (Å²) in [6.45, 7) is 3.75. The molecule has 1 heterocycles. The van der Waals surface area contributed by atoms with Gasteiger partial charge in [-0.05, 0) is 43.9 Å². The van der Waals surface area contributed by atoms with E-state index in [4.69, 9.17) is 0 Å². The van der Waals surface area contributed by atoms with Gasteiger partial charge in [-0.3, -0.25) is 0 Å².